The summed E-state index contributed by atoms with van der Waals surface area (Å²) in [6, 6.07) is 19.9. The Bertz CT molecular complexity index is 736. The first-order chi connectivity index (χ1) is 12.6. The molecule has 1 atom stereocenters. The van der Waals surface area contributed by atoms with Gasteiger partial charge < -0.3 is 9.80 Å². The summed E-state index contributed by atoms with van der Waals surface area (Å²) in [5.74, 6) is 1.29. The SMILES string of the molecule is CC(=O)N1CSCC1C(=O)N(CCc1ccccc1)Cc1ccccc1. The first-order valence-electron chi connectivity index (χ1n) is 8.87. The van der Waals surface area contributed by atoms with E-state index in [1.54, 1.807) is 16.7 Å². The van der Waals surface area contributed by atoms with Crippen molar-refractivity contribution in [1.82, 2.24) is 9.80 Å². The predicted molar refractivity (Wildman–Crippen MR) is 106 cm³/mol. The van der Waals surface area contributed by atoms with E-state index in [2.05, 4.69) is 12.1 Å². The number of benzene rings is 2. The number of nitrogens with zero attached hydrogens (tertiary/aromatic N) is 2. The zero-order valence-corrected chi connectivity index (χ0v) is 15.8. The van der Waals surface area contributed by atoms with Crippen LogP contribution in [0.25, 0.3) is 0 Å². The summed E-state index contributed by atoms with van der Waals surface area (Å²) in [5.41, 5.74) is 2.32. The molecule has 4 nitrogen and oxygen atoms in total. The van der Waals surface area contributed by atoms with Crippen LogP contribution in [0.15, 0.2) is 60.7 Å². The van der Waals surface area contributed by atoms with Gasteiger partial charge in [-0.25, -0.2) is 0 Å². The number of rotatable bonds is 6. The third-order valence-electron chi connectivity index (χ3n) is 4.61. The largest absolute Gasteiger partial charge is 0.336 e. The van der Waals surface area contributed by atoms with Crippen LogP contribution in [0.5, 0.6) is 0 Å². The predicted octanol–water partition coefficient (Wildman–Crippen LogP) is 3.18. The minimum atomic E-state index is -0.350. The summed E-state index contributed by atoms with van der Waals surface area (Å²) in [5, 5.41) is 0. The van der Waals surface area contributed by atoms with Gasteiger partial charge in [0.05, 0.1) is 5.88 Å². The number of thioether (sulfide) groups is 1. The molecule has 0 spiro atoms. The molecule has 0 bridgehead atoms. The Balaban J connectivity index is 1.75. The molecule has 0 saturated carbocycles. The molecule has 1 fully saturated rings. The Morgan fingerprint density at radius 3 is 2.27 bits per heavy atom. The standard InChI is InChI=1S/C21H24N2O2S/c1-17(24)23-16-26-15-20(23)21(25)22(14-19-10-6-3-7-11-19)13-12-18-8-4-2-5-9-18/h2-11,20H,12-16H2,1H3. The van der Waals surface area contributed by atoms with Crippen LogP contribution in [0, 0.1) is 0 Å². The summed E-state index contributed by atoms with van der Waals surface area (Å²) in [6.45, 7) is 2.75. The second-order valence-electron chi connectivity index (χ2n) is 6.49. The molecule has 2 amide bonds. The summed E-state index contributed by atoms with van der Waals surface area (Å²) in [6.07, 6.45) is 0.805. The third-order valence-corrected chi connectivity index (χ3v) is 5.63. The smallest absolute Gasteiger partial charge is 0.246 e. The monoisotopic (exact) mass is 368 g/mol. The van der Waals surface area contributed by atoms with Gasteiger partial charge in [-0.1, -0.05) is 60.7 Å². The molecule has 1 aliphatic rings. The van der Waals surface area contributed by atoms with Gasteiger partial charge in [-0.15, -0.1) is 11.8 Å². The van der Waals surface area contributed by atoms with E-state index in [9.17, 15) is 9.59 Å². The first-order valence-corrected chi connectivity index (χ1v) is 10.0. The maximum atomic E-state index is 13.2. The summed E-state index contributed by atoms with van der Waals surface area (Å²) < 4.78 is 0. The average Bonchev–Trinajstić information content (AvgIpc) is 3.16. The van der Waals surface area contributed by atoms with Gasteiger partial charge >= 0.3 is 0 Å². The maximum Gasteiger partial charge on any atom is 0.246 e. The van der Waals surface area contributed by atoms with Crippen molar-refractivity contribution in [2.24, 2.45) is 0 Å². The normalized spacial score (nSPS) is 16.5. The van der Waals surface area contributed by atoms with Crippen molar-refractivity contribution in [3.8, 4) is 0 Å². The topological polar surface area (TPSA) is 40.6 Å². The number of amides is 2. The van der Waals surface area contributed by atoms with Crippen molar-refractivity contribution < 1.29 is 9.59 Å². The molecule has 5 heteroatoms. The van der Waals surface area contributed by atoms with E-state index in [0.29, 0.717) is 24.7 Å². The van der Waals surface area contributed by atoms with Crippen LogP contribution < -0.4 is 0 Å². The molecule has 1 unspecified atom stereocenters. The molecule has 1 aliphatic heterocycles. The fourth-order valence-corrected chi connectivity index (χ4v) is 4.36. The van der Waals surface area contributed by atoms with E-state index < -0.39 is 0 Å². The number of carbonyl (C=O) groups is 2. The molecule has 136 valence electrons. The Kier molecular flexibility index (Phi) is 6.34. The molecule has 0 aliphatic carbocycles. The lowest BCUT2D eigenvalue weighted by Gasteiger charge is -2.29. The van der Waals surface area contributed by atoms with E-state index in [1.807, 2.05) is 53.4 Å². The van der Waals surface area contributed by atoms with E-state index >= 15 is 0 Å². The van der Waals surface area contributed by atoms with Crippen LogP contribution in [0.4, 0.5) is 0 Å². The molecule has 1 saturated heterocycles. The Morgan fingerprint density at radius 1 is 1.04 bits per heavy atom. The van der Waals surface area contributed by atoms with Crippen LogP contribution >= 0.6 is 11.8 Å². The fraction of sp³-hybridized carbons (Fsp3) is 0.333. The molecule has 1 heterocycles. The van der Waals surface area contributed by atoms with Crippen molar-refractivity contribution >= 4 is 23.6 Å². The number of hydrogen-bond acceptors (Lipinski definition) is 3. The zero-order valence-electron chi connectivity index (χ0n) is 15.0. The third kappa shape index (κ3) is 4.67. The van der Waals surface area contributed by atoms with Crippen molar-refractivity contribution in [3.63, 3.8) is 0 Å². The van der Waals surface area contributed by atoms with Crippen LogP contribution in [0.1, 0.15) is 18.1 Å². The molecule has 2 aromatic carbocycles. The van der Waals surface area contributed by atoms with Crippen LogP contribution in [-0.2, 0) is 22.6 Å². The highest BCUT2D eigenvalue weighted by molar-refractivity contribution is 7.99. The molecule has 0 aromatic heterocycles. The summed E-state index contributed by atoms with van der Waals surface area (Å²) in [7, 11) is 0. The number of hydrogen-bond donors (Lipinski definition) is 0. The lowest BCUT2D eigenvalue weighted by Crippen LogP contribution is -2.48. The van der Waals surface area contributed by atoms with Crippen LogP contribution in [-0.4, -0.2) is 45.8 Å². The Morgan fingerprint density at radius 2 is 1.65 bits per heavy atom. The highest BCUT2D eigenvalue weighted by atomic mass is 32.2. The maximum absolute atomic E-state index is 13.2. The van der Waals surface area contributed by atoms with Crippen molar-refractivity contribution in [2.45, 2.75) is 25.9 Å². The van der Waals surface area contributed by atoms with E-state index in [-0.39, 0.29) is 17.9 Å². The second-order valence-corrected chi connectivity index (χ2v) is 7.49. The molecule has 0 N–H and O–H groups in total. The van der Waals surface area contributed by atoms with Crippen molar-refractivity contribution in [2.75, 3.05) is 18.2 Å². The molecular formula is C21H24N2O2S. The van der Waals surface area contributed by atoms with Gasteiger partial charge in [0.25, 0.3) is 0 Å². The molecule has 0 radical (unpaired) electrons. The molecular weight excluding hydrogens is 344 g/mol. The highest BCUT2D eigenvalue weighted by Gasteiger charge is 2.35. The lowest BCUT2D eigenvalue weighted by molar-refractivity contribution is -0.142. The Hall–Kier alpha value is -2.27. The van der Waals surface area contributed by atoms with Gasteiger partial charge in [0.15, 0.2) is 0 Å². The van der Waals surface area contributed by atoms with Crippen LogP contribution in [0.2, 0.25) is 0 Å². The van der Waals surface area contributed by atoms with Crippen molar-refractivity contribution in [1.29, 1.82) is 0 Å². The van der Waals surface area contributed by atoms with Gasteiger partial charge in [0.2, 0.25) is 11.8 Å². The number of carbonyl (C=O) groups excluding carboxylic acids is 2. The minimum Gasteiger partial charge on any atom is -0.336 e. The second kappa shape index (κ2) is 8.90. The fourth-order valence-electron chi connectivity index (χ4n) is 3.15. The van der Waals surface area contributed by atoms with Crippen molar-refractivity contribution in [3.05, 3.63) is 71.8 Å². The van der Waals surface area contributed by atoms with E-state index in [1.165, 1.54) is 12.5 Å². The zero-order chi connectivity index (χ0) is 18.4. The lowest BCUT2D eigenvalue weighted by atomic mass is 10.1. The highest BCUT2D eigenvalue weighted by Crippen LogP contribution is 2.23. The molecule has 3 rings (SSSR count). The van der Waals surface area contributed by atoms with E-state index in [0.717, 1.165) is 12.0 Å². The first kappa shape index (κ1) is 18.5. The van der Waals surface area contributed by atoms with Gasteiger partial charge in [-0.2, -0.15) is 0 Å². The minimum absolute atomic E-state index is 0.0314. The quantitative estimate of drug-likeness (QED) is 0.786. The summed E-state index contributed by atoms with van der Waals surface area (Å²) in [4.78, 5) is 28.7. The Labute approximate surface area is 159 Å². The van der Waals surface area contributed by atoms with Gasteiger partial charge in [0, 0.05) is 25.8 Å². The average molecular weight is 369 g/mol. The molecule has 26 heavy (non-hydrogen) atoms. The van der Waals surface area contributed by atoms with E-state index in [4.69, 9.17) is 0 Å². The van der Waals surface area contributed by atoms with Crippen LogP contribution in [0.3, 0.4) is 0 Å². The van der Waals surface area contributed by atoms with Gasteiger partial charge in [-0.3, -0.25) is 9.59 Å². The van der Waals surface area contributed by atoms with Gasteiger partial charge in [0.1, 0.15) is 6.04 Å². The summed E-state index contributed by atoms with van der Waals surface area (Å²) >= 11 is 1.64. The van der Waals surface area contributed by atoms with Gasteiger partial charge in [-0.05, 0) is 17.5 Å². The molecule has 2 aromatic rings.